The second-order valence-corrected chi connectivity index (χ2v) is 9.69. The maximum Gasteiger partial charge on any atom is 0.197 e. The Morgan fingerprint density at radius 3 is 2.68 bits per heavy atom. The monoisotopic (exact) mass is 453 g/mol. The van der Waals surface area contributed by atoms with Crippen LogP contribution >= 0.6 is 0 Å². The van der Waals surface area contributed by atoms with E-state index in [0.29, 0.717) is 12.0 Å². The fourth-order valence-corrected chi connectivity index (χ4v) is 5.59. The van der Waals surface area contributed by atoms with Crippen molar-refractivity contribution in [1.82, 2.24) is 24.5 Å². The lowest BCUT2D eigenvalue weighted by Crippen LogP contribution is -2.58. The van der Waals surface area contributed by atoms with Crippen LogP contribution in [0.4, 0.5) is 0 Å². The molecule has 0 atom stereocenters. The maximum atomic E-state index is 5.60. The summed E-state index contributed by atoms with van der Waals surface area (Å²) in [6, 6.07) is 11.9. The van der Waals surface area contributed by atoms with E-state index >= 15 is 0 Å². The van der Waals surface area contributed by atoms with E-state index in [4.69, 9.17) is 9.47 Å². The van der Waals surface area contributed by atoms with E-state index in [1.54, 1.807) is 18.0 Å². The summed E-state index contributed by atoms with van der Waals surface area (Å²) in [4.78, 5) is 10.5. The van der Waals surface area contributed by atoms with Crippen molar-refractivity contribution >= 4 is 27.5 Å². The van der Waals surface area contributed by atoms with Crippen molar-refractivity contribution < 1.29 is 9.47 Å². The Bertz CT molecular complexity index is 1570. The second kappa shape index (κ2) is 7.29. The quantitative estimate of drug-likeness (QED) is 0.435. The van der Waals surface area contributed by atoms with Gasteiger partial charge in [0.15, 0.2) is 11.4 Å². The van der Waals surface area contributed by atoms with Crippen LogP contribution in [-0.4, -0.2) is 63.9 Å². The normalized spacial score (nSPS) is 17.5. The third-order valence-corrected chi connectivity index (χ3v) is 7.87. The number of ether oxygens (including phenoxy) is 2. The predicted molar refractivity (Wildman–Crippen MR) is 133 cm³/mol. The van der Waals surface area contributed by atoms with Crippen LogP contribution in [0.25, 0.3) is 38.6 Å². The third kappa shape index (κ3) is 2.83. The fraction of sp³-hybridized carbons (Fsp3) is 0.333. The predicted octanol–water partition coefficient (Wildman–Crippen LogP) is 4.45. The van der Waals surface area contributed by atoms with Gasteiger partial charge < -0.3 is 14.5 Å². The molecule has 1 N–H and O–H groups in total. The van der Waals surface area contributed by atoms with Crippen molar-refractivity contribution in [2.24, 2.45) is 0 Å². The lowest BCUT2D eigenvalue weighted by molar-refractivity contribution is -0.0905. The zero-order valence-corrected chi connectivity index (χ0v) is 19.6. The number of likely N-dealkylation sites (tertiary alicyclic amines) is 1. The average molecular weight is 454 g/mol. The van der Waals surface area contributed by atoms with E-state index in [9.17, 15) is 0 Å². The molecule has 172 valence electrons. The third-order valence-electron chi connectivity index (χ3n) is 7.87. The zero-order chi connectivity index (χ0) is 23.0. The van der Waals surface area contributed by atoms with Crippen molar-refractivity contribution in [3.63, 3.8) is 0 Å². The molecule has 7 rings (SSSR count). The van der Waals surface area contributed by atoms with Crippen LogP contribution in [0.1, 0.15) is 22.6 Å². The summed E-state index contributed by atoms with van der Waals surface area (Å²) in [5, 5.41) is 6.96. The number of hydrogen-bond acceptors (Lipinski definition) is 5. The van der Waals surface area contributed by atoms with E-state index in [-0.39, 0.29) is 0 Å². The first-order chi connectivity index (χ1) is 16.6. The molecular formula is C27H27N5O2. The van der Waals surface area contributed by atoms with Gasteiger partial charge in [-0.15, -0.1) is 0 Å². The minimum Gasteiger partial charge on any atom is -0.493 e. The van der Waals surface area contributed by atoms with Crippen LogP contribution in [-0.2, 0) is 4.74 Å². The molecule has 0 unspecified atom stereocenters. The molecule has 0 radical (unpaired) electrons. The molecule has 3 aromatic heterocycles. The molecule has 7 heteroatoms. The van der Waals surface area contributed by atoms with Crippen molar-refractivity contribution in [2.45, 2.75) is 25.8 Å². The van der Waals surface area contributed by atoms with Gasteiger partial charge in [0.05, 0.1) is 26.4 Å². The van der Waals surface area contributed by atoms with E-state index < -0.39 is 0 Å². The molecule has 0 aliphatic carbocycles. The lowest BCUT2D eigenvalue weighted by atomic mass is 9.88. The van der Waals surface area contributed by atoms with Crippen molar-refractivity contribution in [3.8, 4) is 16.9 Å². The molecule has 5 aromatic rings. The van der Waals surface area contributed by atoms with Gasteiger partial charge in [0.2, 0.25) is 0 Å². The molecule has 2 saturated heterocycles. The highest BCUT2D eigenvalue weighted by molar-refractivity contribution is 6.11. The van der Waals surface area contributed by atoms with E-state index in [1.807, 2.05) is 12.3 Å². The number of pyridine rings is 1. The van der Waals surface area contributed by atoms with E-state index in [0.717, 1.165) is 48.8 Å². The van der Waals surface area contributed by atoms with Gasteiger partial charge in [-0.25, -0.2) is 9.50 Å². The summed E-state index contributed by atoms with van der Waals surface area (Å²) in [5.74, 6) is 1.33. The number of aromatic nitrogens is 4. The topological polar surface area (TPSA) is 67.7 Å². The Morgan fingerprint density at radius 1 is 1.06 bits per heavy atom. The Balaban J connectivity index is 1.32. The minimum atomic E-state index is 0.609. The van der Waals surface area contributed by atoms with Gasteiger partial charge in [-0.2, -0.15) is 5.10 Å². The summed E-state index contributed by atoms with van der Waals surface area (Å²) in [7, 11) is 1.67. The van der Waals surface area contributed by atoms with Crippen LogP contribution in [0.15, 0.2) is 42.9 Å². The van der Waals surface area contributed by atoms with E-state index in [2.05, 4.69) is 58.1 Å². The van der Waals surface area contributed by atoms with Crippen LogP contribution in [0.3, 0.4) is 0 Å². The highest BCUT2D eigenvalue weighted by Gasteiger charge is 2.36. The van der Waals surface area contributed by atoms with Gasteiger partial charge in [-0.1, -0.05) is 6.07 Å². The minimum absolute atomic E-state index is 0.609. The van der Waals surface area contributed by atoms with E-state index in [1.165, 1.54) is 38.5 Å². The van der Waals surface area contributed by atoms with Crippen molar-refractivity contribution in [3.05, 3.63) is 59.5 Å². The largest absolute Gasteiger partial charge is 0.493 e. The SMILES string of the molecule is COc1cc(-c2cc3[nH]c4ccc(C5CN(C6COC6)C5)cc4c3c(C)c2C)cn2ncnc12. The Kier molecular flexibility index (Phi) is 4.29. The van der Waals surface area contributed by atoms with Gasteiger partial charge in [-0.05, 0) is 60.4 Å². The van der Waals surface area contributed by atoms with Crippen LogP contribution in [0, 0.1) is 13.8 Å². The lowest BCUT2D eigenvalue weighted by Gasteiger charge is -2.47. The highest BCUT2D eigenvalue weighted by atomic mass is 16.5. The molecule has 34 heavy (non-hydrogen) atoms. The number of fused-ring (bicyclic) bond motifs is 4. The van der Waals surface area contributed by atoms with Gasteiger partial charge in [0, 0.05) is 52.6 Å². The molecule has 0 amide bonds. The number of rotatable bonds is 4. The molecular weight excluding hydrogens is 426 g/mol. The first-order valence-corrected chi connectivity index (χ1v) is 11.9. The smallest absolute Gasteiger partial charge is 0.197 e. The number of H-pyrrole nitrogens is 1. The number of aromatic amines is 1. The van der Waals surface area contributed by atoms with Gasteiger partial charge >= 0.3 is 0 Å². The van der Waals surface area contributed by atoms with Crippen LogP contribution in [0.2, 0.25) is 0 Å². The summed E-state index contributed by atoms with van der Waals surface area (Å²) in [6.07, 6.45) is 3.58. The van der Waals surface area contributed by atoms with Gasteiger partial charge in [-0.3, -0.25) is 4.90 Å². The summed E-state index contributed by atoms with van der Waals surface area (Å²) >= 11 is 0. The Labute approximate surface area is 197 Å². The summed E-state index contributed by atoms with van der Waals surface area (Å²) in [5.41, 5.74) is 9.30. The van der Waals surface area contributed by atoms with Gasteiger partial charge in [0.25, 0.3) is 0 Å². The zero-order valence-electron chi connectivity index (χ0n) is 19.6. The second-order valence-electron chi connectivity index (χ2n) is 9.69. The van der Waals surface area contributed by atoms with Crippen LogP contribution in [0.5, 0.6) is 5.75 Å². The molecule has 2 aliphatic heterocycles. The molecule has 5 heterocycles. The number of nitrogens with zero attached hydrogens (tertiary/aromatic N) is 4. The standard InChI is InChI=1S/C27H27N5O2/c1-15-16(2)26-22-6-17(19-9-31(10-19)20-12-34-13-20)4-5-23(22)30-24(26)8-21(15)18-7-25(33-3)27-28-14-29-32(27)11-18/h4-8,11,14,19-20,30H,9-10,12-13H2,1-3H3. The Morgan fingerprint density at radius 2 is 1.91 bits per heavy atom. The molecule has 7 nitrogen and oxygen atoms in total. The molecule has 2 aromatic carbocycles. The Hall–Kier alpha value is -3.42. The highest BCUT2D eigenvalue weighted by Crippen LogP contribution is 2.39. The molecule has 0 saturated carbocycles. The first-order valence-electron chi connectivity index (χ1n) is 11.9. The summed E-state index contributed by atoms with van der Waals surface area (Å²) < 4.78 is 12.7. The number of hydrogen-bond donors (Lipinski definition) is 1. The fourth-order valence-electron chi connectivity index (χ4n) is 5.59. The molecule has 0 spiro atoms. The number of methoxy groups -OCH3 is 1. The maximum absolute atomic E-state index is 5.60. The van der Waals surface area contributed by atoms with Crippen LogP contribution < -0.4 is 4.74 Å². The van der Waals surface area contributed by atoms with Gasteiger partial charge in [0.1, 0.15) is 6.33 Å². The number of benzene rings is 2. The molecule has 2 aliphatic rings. The first kappa shape index (κ1) is 20.0. The van der Waals surface area contributed by atoms with Crippen molar-refractivity contribution in [1.29, 1.82) is 0 Å². The average Bonchev–Trinajstić information content (AvgIpc) is 3.40. The number of nitrogens with one attached hydrogen (secondary N) is 1. The van der Waals surface area contributed by atoms with Crippen molar-refractivity contribution in [2.75, 3.05) is 33.4 Å². The molecule has 2 fully saturated rings. The summed E-state index contributed by atoms with van der Waals surface area (Å²) in [6.45, 7) is 8.49. The molecule has 0 bridgehead atoms. The number of aryl methyl sites for hydroxylation is 1.